The van der Waals surface area contributed by atoms with Gasteiger partial charge in [-0.3, -0.25) is 4.79 Å². The lowest BCUT2D eigenvalue weighted by atomic mass is 9.65. The Morgan fingerprint density at radius 2 is 1.14 bits per heavy atom. The van der Waals surface area contributed by atoms with E-state index in [4.69, 9.17) is 0 Å². The van der Waals surface area contributed by atoms with Crippen molar-refractivity contribution >= 4 is 5.78 Å². The van der Waals surface area contributed by atoms with E-state index in [1.54, 1.807) is 0 Å². The van der Waals surface area contributed by atoms with Gasteiger partial charge in [0.05, 0.1) is 0 Å². The first kappa shape index (κ1) is 18.4. The Balaban J connectivity index is 1.93. The SMILES string of the molecule is O=C(CC1=CCCCC1)C(c1ccccc1)(c1ccccc1)c1ccccc1. The highest BCUT2D eigenvalue weighted by Gasteiger charge is 2.43. The maximum absolute atomic E-state index is 14.1. The third kappa shape index (κ3) is 3.45. The standard InChI is InChI=1S/C27H26O/c28-26(21-22-13-5-1-6-14-22)27(23-15-7-2-8-16-23,24-17-9-3-10-18-24)25-19-11-4-12-20-25/h2-4,7-13,15-20H,1,5-6,14,21H2. The van der Waals surface area contributed by atoms with Gasteiger partial charge in [-0.15, -0.1) is 0 Å². The molecule has 0 heterocycles. The molecule has 0 aliphatic heterocycles. The van der Waals surface area contributed by atoms with E-state index in [0.717, 1.165) is 29.5 Å². The summed E-state index contributed by atoms with van der Waals surface area (Å²) in [6.07, 6.45) is 7.36. The molecule has 0 aromatic heterocycles. The molecule has 0 fully saturated rings. The summed E-state index contributed by atoms with van der Waals surface area (Å²) in [5.41, 5.74) is 3.61. The minimum atomic E-state index is -0.790. The Hall–Kier alpha value is -2.93. The van der Waals surface area contributed by atoms with Gasteiger partial charge in [0, 0.05) is 6.42 Å². The first-order valence-electron chi connectivity index (χ1n) is 10.2. The van der Waals surface area contributed by atoms with E-state index < -0.39 is 5.41 Å². The van der Waals surface area contributed by atoms with Crippen molar-refractivity contribution < 1.29 is 4.79 Å². The molecule has 4 rings (SSSR count). The van der Waals surface area contributed by atoms with Crippen molar-refractivity contribution in [3.8, 4) is 0 Å². The Bertz CT molecular complexity index is 843. The van der Waals surface area contributed by atoms with Crippen molar-refractivity contribution in [3.63, 3.8) is 0 Å². The first-order chi connectivity index (χ1) is 13.8. The summed E-state index contributed by atoms with van der Waals surface area (Å²) in [5, 5.41) is 0. The summed E-state index contributed by atoms with van der Waals surface area (Å²) in [7, 11) is 0. The molecule has 0 amide bonds. The molecule has 0 radical (unpaired) electrons. The fourth-order valence-corrected chi connectivity index (χ4v) is 4.45. The molecule has 0 N–H and O–H groups in total. The summed E-state index contributed by atoms with van der Waals surface area (Å²) >= 11 is 0. The third-order valence-corrected chi connectivity index (χ3v) is 5.81. The molecule has 140 valence electrons. The number of hydrogen-bond acceptors (Lipinski definition) is 1. The monoisotopic (exact) mass is 366 g/mol. The lowest BCUT2D eigenvalue weighted by molar-refractivity contribution is -0.121. The zero-order chi connectivity index (χ0) is 19.2. The molecule has 3 aromatic carbocycles. The largest absolute Gasteiger partial charge is 0.298 e. The third-order valence-electron chi connectivity index (χ3n) is 5.81. The predicted molar refractivity (Wildman–Crippen MR) is 115 cm³/mol. The lowest BCUT2D eigenvalue weighted by Crippen LogP contribution is -2.38. The van der Waals surface area contributed by atoms with Crippen molar-refractivity contribution in [2.75, 3.05) is 0 Å². The molecule has 0 saturated carbocycles. The smallest absolute Gasteiger partial charge is 0.156 e. The second kappa shape index (κ2) is 8.39. The van der Waals surface area contributed by atoms with Gasteiger partial charge in [0.15, 0.2) is 5.78 Å². The van der Waals surface area contributed by atoms with Crippen LogP contribution >= 0.6 is 0 Å². The van der Waals surface area contributed by atoms with Gasteiger partial charge in [0.25, 0.3) is 0 Å². The molecule has 1 nitrogen and oxygen atoms in total. The molecule has 0 saturated heterocycles. The maximum Gasteiger partial charge on any atom is 0.156 e. The van der Waals surface area contributed by atoms with E-state index in [2.05, 4.69) is 42.5 Å². The number of carbonyl (C=O) groups excluding carboxylic acids is 1. The van der Waals surface area contributed by atoms with Crippen LogP contribution in [0, 0.1) is 0 Å². The second-order valence-corrected chi connectivity index (χ2v) is 7.56. The van der Waals surface area contributed by atoms with E-state index >= 15 is 0 Å². The lowest BCUT2D eigenvalue weighted by Gasteiger charge is -2.35. The Morgan fingerprint density at radius 1 is 0.679 bits per heavy atom. The van der Waals surface area contributed by atoms with E-state index in [1.165, 1.54) is 18.4 Å². The van der Waals surface area contributed by atoms with E-state index in [9.17, 15) is 4.79 Å². The van der Waals surface area contributed by atoms with Crippen LogP contribution < -0.4 is 0 Å². The summed E-state index contributed by atoms with van der Waals surface area (Å²) in [6.45, 7) is 0. The van der Waals surface area contributed by atoms with E-state index in [1.807, 2.05) is 54.6 Å². The average molecular weight is 367 g/mol. The van der Waals surface area contributed by atoms with Gasteiger partial charge in [0.2, 0.25) is 0 Å². The summed E-state index contributed by atoms with van der Waals surface area (Å²) in [4.78, 5) is 14.1. The van der Waals surface area contributed by atoms with Crippen molar-refractivity contribution in [2.24, 2.45) is 0 Å². The predicted octanol–water partition coefficient (Wildman–Crippen LogP) is 6.48. The van der Waals surface area contributed by atoms with Crippen molar-refractivity contribution in [1.29, 1.82) is 0 Å². The minimum Gasteiger partial charge on any atom is -0.298 e. The summed E-state index contributed by atoms with van der Waals surface area (Å²) < 4.78 is 0. The van der Waals surface area contributed by atoms with Gasteiger partial charge in [-0.05, 0) is 42.4 Å². The highest BCUT2D eigenvalue weighted by Crippen LogP contribution is 2.42. The number of carbonyl (C=O) groups is 1. The quantitative estimate of drug-likeness (QED) is 0.360. The van der Waals surface area contributed by atoms with Crippen LogP contribution in [0.2, 0.25) is 0 Å². The molecule has 0 bridgehead atoms. The molecule has 0 atom stereocenters. The minimum absolute atomic E-state index is 0.254. The highest BCUT2D eigenvalue weighted by molar-refractivity contribution is 5.99. The van der Waals surface area contributed by atoms with Crippen LogP contribution in [-0.2, 0) is 10.2 Å². The number of allylic oxidation sites excluding steroid dienone is 2. The van der Waals surface area contributed by atoms with Gasteiger partial charge in [-0.2, -0.15) is 0 Å². The van der Waals surface area contributed by atoms with Crippen LogP contribution in [0.5, 0.6) is 0 Å². The molecule has 3 aromatic rings. The fourth-order valence-electron chi connectivity index (χ4n) is 4.45. The van der Waals surface area contributed by atoms with Crippen LogP contribution in [0.4, 0.5) is 0 Å². The van der Waals surface area contributed by atoms with Crippen LogP contribution in [0.25, 0.3) is 0 Å². The van der Waals surface area contributed by atoms with Gasteiger partial charge >= 0.3 is 0 Å². The fraction of sp³-hybridized carbons (Fsp3) is 0.222. The Labute approximate surface area is 167 Å². The van der Waals surface area contributed by atoms with Gasteiger partial charge < -0.3 is 0 Å². The van der Waals surface area contributed by atoms with Gasteiger partial charge in [-0.1, -0.05) is 103 Å². The van der Waals surface area contributed by atoms with Crippen molar-refractivity contribution in [2.45, 2.75) is 37.5 Å². The van der Waals surface area contributed by atoms with E-state index in [0.29, 0.717) is 6.42 Å². The second-order valence-electron chi connectivity index (χ2n) is 7.56. The van der Waals surface area contributed by atoms with Gasteiger partial charge in [-0.25, -0.2) is 0 Å². The van der Waals surface area contributed by atoms with Crippen molar-refractivity contribution in [3.05, 3.63) is 119 Å². The maximum atomic E-state index is 14.1. The van der Waals surface area contributed by atoms with Crippen LogP contribution in [-0.4, -0.2) is 5.78 Å². The molecule has 0 unspecified atom stereocenters. The molecule has 1 aliphatic rings. The molecule has 28 heavy (non-hydrogen) atoms. The molecular formula is C27H26O. The highest BCUT2D eigenvalue weighted by atomic mass is 16.1. The first-order valence-corrected chi connectivity index (χ1v) is 10.2. The molecular weight excluding hydrogens is 340 g/mol. The Morgan fingerprint density at radius 3 is 1.54 bits per heavy atom. The van der Waals surface area contributed by atoms with Crippen LogP contribution in [0.1, 0.15) is 48.8 Å². The molecule has 0 spiro atoms. The summed E-state index contributed by atoms with van der Waals surface area (Å²) in [6, 6.07) is 30.8. The number of hydrogen-bond donors (Lipinski definition) is 0. The molecule has 1 heteroatoms. The van der Waals surface area contributed by atoms with Crippen LogP contribution in [0.15, 0.2) is 103 Å². The average Bonchev–Trinajstić information content (AvgIpc) is 2.77. The van der Waals surface area contributed by atoms with E-state index in [-0.39, 0.29) is 5.78 Å². The topological polar surface area (TPSA) is 17.1 Å². The number of Topliss-reactive ketones (excluding diaryl/α,β-unsaturated/α-hetero) is 1. The number of benzene rings is 3. The van der Waals surface area contributed by atoms with Crippen LogP contribution in [0.3, 0.4) is 0 Å². The zero-order valence-electron chi connectivity index (χ0n) is 16.2. The Kier molecular flexibility index (Phi) is 5.53. The summed E-state index contributed by atoms with van der Waals surface area (Å²) in [5.74, 6) is 0.254. The number of rotatable bonds is 6. The normalized spacial score (nSPS) is 14.4. The van der Waals surface area contributed by atoms with Gasteiger partial charge in [0.1, 0.15) is 5.41 Å². The van der Waals surface area contributed by atoms with Crippen molar-refractivity contribution in [1.82, 2.24) is 0 Å². The zero-order valence-corrected chi connectivity index (χ0v) is 16.2. The molecule has 1 aliphatic carbocycles. The number of ketones is 1.